The monoisotopic (exact) mass is 284 g/mol. The third-order valence-electron chi connectivity index (χ3n) is 4.20. The summed E-state index contributed by atoms with van der Waals surface area (Å²) in [6.45, 7) is 6.38. The number of hydrogen-bond donors (Lipinski definition) is 3. The molecule has 0 aromatic rings. The van der Waals surface area contributed by atoms with Crippen LogP contribution in [0.25, 0.3) is 0 Å². The number of aliphatic carboxylic acids is 1. The molecule has 4 unspecified atom stereocenters. The van der Waals surface area contributed by atoms with Crippen molar-refractivity contribution >= 4 is 12.0 Å². The van der Waals surface area contributed by atoms with E-state index in [2.05, 4.69) is 24.5 Å². The predicted octanol–water partition coefficient (Wildman–Crippen LogP) is 2.75. The SMILES string of the molecule is CCCCC(NC(=O)NC1CCC(C)CC1C)C(=O)O. The van der Waals surface area contributed by atoms with E-state index < -0.39 is 12.0 Å². The van der Waals surface area contributed by atoms with Gasteiger partial charge in [-0.05, 0) is 37.5 Å². The molecule has 1 saturated carbocycles. The Morgan fingerprint density at radius 3 is 2.55 bits per heavy atom. The molecule has 0 saturated heterocycles. The quantitative estimate of drug-likeness (QED) is 0.701. The fourth-order valence-corrected chi connectivity index (χ4v) is 2.91. The molecule has 1 aliphatic rings. The van der Waals surface area contributed by atoms with Crippen LogP contribution in [0.5, 0.6) is 0 Å². The van der Waals surface area contributed by atoms with Crippen molar-refractivity contribution in [2.75, 3.05) is 0 Å². The molecule has 4 atom stereocenters. The van der Waals surface area contributed by atoms with Crippen molar-refractivity contribution in [1.82, 2.24) is 10.6 Å². The first-order valence-corrected chi connectivity index (χ1v) is 7.73. The number of carboxylic acid groups (broad SMARTS) is 1. The predicted molar refractivity (Wildman–Crippen MR) is 78.6 cm³/mol. The van der Waals surface area contributed by atoms with Crippen LogP contribution in [0.4, 0.5) is 4.79 Å². The van der Waals surface area contributed by atoms with Gasteiger partial charge in [0.1, 0.15) is 6.04 Å². The van der Waals surface area contributed by atoms with Gasteiger partial charge in [-0.2, -0.15) is 0 Å². The molecule has 2 amide bonds. The number of carbonyl (C=O) groups excluding carboxylic acids is 1. The zero-order chi connectivity index (χ0) is 15.1. The Hall–Kier alpha value is -1.26. The molecule has 0 spiro atoms. The minimum absolute atomic E-state index is 0.159. The molecule has 1 rings (SSSR count). The zero-order valence-corrected chi connectivity index (χ0v) is 12.8. The van der Waals surface area contributed by atoms with E-state index in [-0.39, 0.29) is 12.1 Å². The van der Waals surface area contributed by atoms with Crippen LogP contribution >= 0.6 is 0 Å². The summed E-state index contributed by atoms with van der Waals surface area (Å²) in [6.07, 6.45) is 5.41. The average molecular weight is 284 g/mol. The molecule has 0 aromatic heterocycles. The Kier molecular flexibility index (Phi) is 6.82. The third kappa shape index (κ3) is 5.39. The number of carbonyl (C=O) groups is 2. The highest BCUT2D eigenvalue weighted by atomic mass is 16.4. The zero-order valence-electron chi connectivity index (χ0n) is 12.8. The van der Waals surface area contributed by atoms with Gasteiger partial charge in [-0.15, -0.1) is 0 Å². The van der Waals surface area contributed by atoms with Crippen molar-refractivity contribution in [3.05, 3.63) is 0 Å². The van der Waals surface area contributed by atoms with Gasteiger partial charge in [0.2, 0.25) is 0 Å². The third-order valence-corrected chi connectivity index (χ3v) is 4.20. The Morgan fingerprint density at radius 2 is 2.00 bits per heavy atom. The van der Waals surface area contributed by atoms with E-state index in [0.717, 1.165) is 32.1 Å². The van der Waals surface area contributed by atoms with Crippen LogP contribution in [0.3, 0.4) is 0 Å². The lowest BCUT2D eigenvalue weighted by molar-refractivity contribution is -0.139. The number of urea groups is 1. The first kappa shape index (κ1) is 16.8. The lowest BCUT2D eigenvalue weighted by Crippen LogP contribution is -2.51. The maximum absolute atomic E-state index is 11.9. The molecule has 5 heteroatoms. The van der Waals surface area contributed by atoms with Gasteiger partial charge in [0.15, 0.2) is 0 Å². The lowest BCUT2D eigenvalue weighted by Gasteiger charge is -2.33. The van der Waals surface area contributed by atoms with Gasteiger partial charge in [0.05, 0.1) is 0 Å². The summed E-state index contributed by atoms with van der Waals surface area (Å²) in [5.41, 5.74) is 0. The van der Waals surface area contributed by atoms with Crippen LogP contribution in [0, 0.1) is 11.8 Å². The molecule has 0 aliphatic heterocycles. The highest BCUT2D eigenvalue weighted by molar-refractivity contribution is 5.82. The normalized spacial score (nSPS) is 27.6. The second kappa shape index (κ2) is 8.12. The van der Waals surface area contributed by atoms with Gasteiger partial charge >= 0.3 is 12.0 Å². The summed E-state index contributed by atoms with van der Waals surface area (Å²) in [5, 5.41) is 14.6. The van der Waals surface area contributed by atoms with Crippen molar-refractivity contribution in [3.8, 4) is 0 Å². The Morgan fingerprint density at radius 1 is 1.30 bits per heavy atom. The van der Waals surface area contributed by atoms with E-state index in [1.54, 1.807) is 0 Å². The maximum atomic E-state index is 11.9. The highest BCUT2D eigenvalue weighted by Crippen LogP contribution is 2.28. The van der Waals surface area contributed by atoms with Crippen molar-refractivity contribution in [2.45, 2.75) is 71.4 Å². The molecule has 116 valence electrons. The first-order chi connectivity index (χ1) is 9.43. The van der Waals surface area contributed by atoms with Gasteiger partial charge in [-0.25, -0.2) is 9.59 Å². The smallest absolute Gasteiger partial charge is 0.326 e. The highest BCUT2D eigenvalue weighted by Gasteiger charge is 2.27. The fraction of sp³-hybridized carbons (Fsp3) is 0.867. The molecule has 1 aliphatic carbocycles. The van der Waals surface area contributed by atoms with E-state index in [1.807, 2.05) is 6.92 Å². The van der Waals surface area contributed by atoms with Gasteiger partial charge in [0.25, 0.3) is 0 Å². The standard InChI is InChI=1S/C15H28N2O3/c1-4-5-6-13(14(18)19)17-15(20)16-12-8-7-10(2)9-11(12)3/h10-13H,4-9H2,1-3H3,(H,18,19)(H2,16,17,20). The van der Waals surface area contributed by atoms with Crippen molar-refractivity contribution in [1.29, 1.82) is 0 Å². The lowest BCUT2D eigenvalue weighted by atomic mass is 9.80. The molecule has 0 aromatic carbocycles. The van der Waals surface area contributed by atoms with Crippen LogP contribution in [-0.2, 0) is 4.79 Å². The second-order valence-corrected chi connectivity index (χ2v) is 6.15. The van der Waals surface area contributed by atoms with Gasteiger partial charge in [0, 0.05) is 6.04 Å². The Labute approximate surface area is 121 Å². The topological polar surface area (TPSA) is 78.4 Å². The van der Waals surface area contributed by atoms with E-state index in [1.165, 1.54) is 0 Å². The van der Waals surface area contributed by atoms with Gasteiger partial charge < -0.3 is 15.7 Å². The summed E-state index contributed by atoms with van der Waals surface area (Å²) < 4.78 is 0. The summed E-state index contributed by atoms with van der Waals surface area (Å²) in [4.78, 5) is 23.0. The molecular weight excluding hydrogens is 256 g/mol. The van der Waals surface area contributed by atoms with Crippen molar-refractivity contribution < 1.29 is 14.7 Å². The summed E-state index contributed by atoms with van der Waals surface area (Å²) in [7, 11) is 0. The second-order valence-electron chi connectivity index (χ2n) is 6.15. The number of hydrogen-bond acceptors (Lipinski definition) is 2. The number of amides is 2. The van der Waals surface area contributed by atoms with Crippen LogP contribution in [0.2, 0.25) is 0 Å². The molecule has 0 heterocycles. The number of carboxylic acids is 1. The maximum Gasteiger partial charge on any atom is 0.326 e. The van der Waals surface area contributed by atoms with Crippen LogP contribution in [0.15, 0.2) is 0 Å². The van der Waals surface area contributed by atoms with E-state index in [0.29, 0.717) is 18.3 Å². The van der Waals surface area contributed by atoms with Gasteiger partial charge in [-0.1, -0.05) is 33.6 Å². The van der Waals surface area contributed by atoms with E-state index in [4.69, 9.17) is 5.11 Å². The Bertz CT molecular complexity index is 333. The van der Waals surface area contributed by atoms with Crippen LogP contribution in [0.1, 0.15) is 59.3 Å². The van der Waals surface area contributed by atoms with E-state index in [9.17, 15) is 9.59 Å². The summed E-state index contributed by atoms with van der Waals surface area (Å²) >= 11 is 0. The largest absolute Gasteiger partial charge is 0.480 e. The molecule has 3 N–H and O–H groups in total. The molecule has 0 radical (unpaired) electrons. The number of nitrogens with one attached hydrogen (secondary N) is 2. The molecule has 5 nitrogen and oxygen atoms in total. The van der Waals surface area contributed by atoms with Crippen molar-refractivity contribution in [2.24, 2.45) is 11.8 Å². The average Bonchev–Trinajstić information content (AvgIpc) is 2.37. The van der Waals surface area contributed by atoms with Crippen LogP contribution < -0.4 is 10.6 Å². The van der Waals surface area contributed by atoms with Gasteiger partial charge in [-0.3, -0.25) is 0 Å². The number of unbranched alkanes of at least 4 members (excludes halogenated alkanes) is 1. The minimum atomic E-state index is -0.959. The summed E-state index contributed by atoms with van der Waals surface area (Å²) in [5.74, 6) is 0.199. The fourth-order valence-electron chi connectivity index (χ4n) is 2.91. The van der Waals surface area contributed by atoms with Crippen LogP contribution in [-0.4, -0.2) is 29.2 Å². The first-order valence-electron chi connectivity index (χ1n) is 7.73. The minimum Gasteiger partial charge on any atom is -0.480 e. The molecule has 20 heavy (non-hydrogen) atoms. The molecular formula is C15H28N2O3. The molecule has 1 fully saturated rings. The molecule has 0 bridgehead atoms. The van der Waals surface area contributed by atoms with Crippen molar-refractivity contribution in [3.63, 3.8) is 0 Å². The number of rotatable bonds is 6. The van der Waals surface area contributed by atoms with E-state index >= 15 is 0 Å². The Balaban J connectivity index is 2.43. The summed E-state index contributed by atoms with van der Waals surface area (Å²) in [6, 6.07) is -0.973.